The zero-order chi connectivity index (χ0) is 25.4. The quantitative estimate of drug-likeness (QED) is 0.382. The Morgan fingerprint density at radius 2 is 1.89 bits per heavy atom. The largest absolute Gasteiger partial charge is 0.480 e. The topological polar surface area (TPSA) is 135 Å². The molecule has 11 nitrogen and oxygen atoms in total. The summed E-state index contributed by atoms with van der Waals surface area (Å²) in [5.74, 6) is 1.42. The van der Waals surface area contributed by atoms with Gasteiger partial charge in [0.1, 0.15) is 11.4 Å². The van der Waals surface area contributed by atoms with E-state index in [0.717, 1.165) is 47.1 Å². The minimum absolute atomic E-state index is 0.165. The Hall–Kier alpha value is -3.48. The highest BCUT2D eigenvalue weighted by Gasteiger charge is 2.24. The van der Waals surface area contributed by atoms with Crippen LogP contribution in [0.25, 0.3) is 33.5 Å². The fourth-order valence-corrected chi connectivity index (χ4v) is 5.13. The monoisotopic (exact) mass is 512 g/mol. The first-order chi connectivity index (χ1) is 17.2. The summed E-state index contributed by atoms with van der Waals surface area (Å²) in [7, 11) is -2.09. The molecule has 4 aromatic rings. The van der Waals surface area contributed by atoms with Crippen LogP contribution in [0.5, 0.6) is 5.88 Å². The van der Waals surface area contributed by atoms with Gasteiger partial charge in [0, 0.05) is 35.8 Å². The SMILES string of the molecule is COc1ncc(-c2cc(-c3ncc(CN4C[C@@H](C)O[C@@H](C)C4)o3)c3cn[nH]c3c2)cc1NS(C)(=O)=O. The van der Waals surface area contributed by atoms with E-state index in [4.69, 9.17) is 13.9 Å². The zero-order valence-electron chi connectivity index (χ0n) is 20.5. The predicted octanol–water partition coefficient (Wildman–Crippen LogP) is 3.27. The van der Waals surface area contributed by atoms with Crippen LogP contribution in [0, 0.1) is 0 Å². The molecule has 190 valence electrons. The Morgan fingerprint density at radius 1 is 1.11 bits per heavy atom. The summed E-state index contributed by atoms with van der Waals surface area (Å²) in [5, 5.41) is 8.05. The molecule has 0 unspecified atom stereocenters. The van der Waals surface area contributed by atoms with Crippen LogP contribution in [0.4, 0.5) is 5.69 Å². The molecule has 1 aliphatic heterocycles. The second-order valence-corrected chi connectivity index (χ2v) is 10.8. The van der Waals surface area contributed by atoms with Crippen molar-refractivity contribution in [3.05, 3.63) is 42.5 Å². The molecular weight excluding hydrogens is 484 g/mol. The fraction of sp³-hybridized carbons (Fsp3) is 0.375. The fourth-order valence-electron chi connectivity index (χ4n) is 4.58. The van der Waals surface area contributed by atoms with E-state index in [1.807, 2.05) is 12.1 Å². The number of pyridine rings is 1. The summed E-state index contributed by atoms with van der Waals surface area (Å²) in [6.45, 7) is 6.44. The van der Waals surface area contributed by atoms with Gasteiger partial charge in [0.05, 0.1) is 50.0 Å². The van der Waals surface area contributed by atoms with Crippen molar-refractivity contribution in [2.75, 3.05) is 31.2 Å². The van der Waals surface area contributed by atoms with Gasteiger partial charge < -0.3 is 13.9 Å². The maximum Gasteiger partial charge on any atom is 0.238 e. The highest BCUT2D eigenvalue weighted by atomic mass is 32.2. The number of aromatic nitrogens is 4. The molecule has 1 saturated heterocycles. The second kappa shape index (κ2) is 9.52. The van der Waals surface area contributed by atoms with E-state index in [0.29, 0.717) is 18.0 Å². The smallest absolute Gasteiger partial charge is 0.238 e. The number of nitrogens with one attached hydrogen (secondary N) is 2. The summed E-state index contributed by atoms with van der Waals surface area (Å²) in [6, 6.07) is 5.52. The molecule has 0 radical (unpaired) electrons. The van der Waals surface area contributed by atoms with Crippen molar-refractivity contribution in [2.45, 2.75) is 32.6 Å². The molecule has 1 aromatic carbocycles. The van der Waals surface area contributed by atoms with Gasteiger partial charge in [0.15, 0.2) is 0 Å². The normalized spacial score (nSPS) is 19.0. The number of benzene rings is 1. The molecule has 3 aromatic heterocycles. The molecule has 5 rings (SSSR count). The molecule has 2 atom stereocenters. The Kier molecular flexibility index (Phi) is 6.41. The van der Waals surface area contributed by atoms with Crippen LogP contribution < -0.4 is 9.46 Å². The summed E-state index contributed by atoms with van der Waals surface area (Å²) >= 11 is 0. The number of fused-ring (bicyclic) bond motifs is 1. The third kappa shape index (κ3) is 5.20. The number of nitrogens with zero attached hydrogens (tertiary/aromatic N) is 4. The third-order valence-corrected chi connectivity index (χ3v) is 6.48. The molecule has 2 N–H and O–H groups in total. The molecule has 36 heavy (non-hydrogen) atoms. The predicted molar refractivity (Wildman–Crippen MR) is 135 cm³/mol. The number of oxazole rings is 1. The van der Waals surface area contributed by atoms with E-state index < -0.39 is 10.0 Å². The van der Waals surface area contributed by atoms with Crippen LogP contribution in [0.15, 0.2) is 41.2 Å². The Bertz CT molecular complexity index is 1490. The first-order valence-electron chi connectivity index (χ1n) is 11.5. The van der Waals surface area contributed by atoms with Gasteiger partial charge in [-0.1, -0.05) is 0 Å². The van der Waals surface area contributed by atoms with E-state index in [9.17, 15) is 8.42 Å². The van der Waals surface area contributed by atoms with Crippen molar-refractivity contribution in [2.24, 2.45) is 0 Å². The average Bonchev–Trinajstić information content (AvgIpc) is 3.46. The lowest BCUT2D eigenvalue weighted by Gasteiger charge is -2.34. The van der Waals surface area contributed by atoms with Gasteiger partial charge in [0.2, 0.25) is 21.8 Å². The van der Waals surface area contributed by atoms with Gasteiger partial charge in [0.25, 0.3) is 0 Å². The molecule has 0 aliphatic carbocycles. The molecular formula is C24H28N6O5S. The van der Waals surface area contributed by atoms with Crippen molar-refractivity contribution >= 4 is 26.6 Å². The lowest BCUT2D eigenvalue weighted by Crippen LogP contribution is -2.44. The lowest BCUT2D eigenvalue weighted by molar-refractivity contribution is -0.0718. The molecule has 0 amide bonds. The number of hydrogen-bond donors (Lipinski definition) is 2. The molecule has 0 bridgehead atoms. The van der Waals surface area contributed by atoms with Crippen molar-refractivity contribution in [3.63, 3.8) is 0 Å². The number of ether oxygens (including phenoxy) is 2. The van der Waals surface area contributed by atoms with Gasteiger partial charge in [-0.3, -0.25) is 14.7 Å². The Balaban J connectivity index is 1.50. The first-order valence-corrected chi connectivity index (χ1v) is 13.4. The molecule has 0 saturated carbocycles. The summed E-state index contributed by atoms with van der Waals surface area (Å²) in [6.07, 6.45) is 6.51. The minimum Gasteiger partial charge on any atom is -0.480 e. The number of methoxy groups -OCH3 is 1. The maximum atomic E-state index is 11.8. The number of rotatable bonds is 7. The number of sulfonamides is 1. The van der Waals surface area contributed by atoms with Gasteiger partial charge >= 0.3 is 0 Å². The second-order valence-electron chi connectivity index (χ2n) is 9.09. The average molecular weight is 513 g/mol. The summed E-state index contributed by atoms with van der Waals surface area (Å²) in [5.41, 5.74) is 3.26. The molecule has 1 fully saturated rings. The van der Waals surface area contributed by atoms with Crippen LogP contribution in [0.1, 0.15) is 19.6 Å². The highest BCUT2D eigenvalue weighted by molar-refractivity contribution is 7.92. The standard InChI is InChI=1S/C24H28N6O5S/c1-14-11-30(12-15(2)34-14)13-18-9-26-23(35-18)19-5-16(6-21-20(19)10-27-28-21)17-7-22(29-36(4,31)32)24(33-3)25-8-17/h5-10,14-15,29H,11-13H2,1-4H3,(H,27,28)/t14-,15+. The van der Waals surface area contributed by atoms with Gasteiger partial charge in [-0.15, -0.1) is 0 Å². The Labute approximate surface area is 208 Å². The minimum atomic E-state index is -3.53. The van der Waals surface area contributed by atoms with E-state index >= 15 is 0 Å². The highest BCUT2D eigenvalue weighted by Crippen LogP contribution is 2.35. The van der Waals surface area contributed by atoms with Crippen LogP contribution in [-0.2, 0) is 21.3 Å². The van der Waals surface area contributed by atoms with Crippen LogP contribution >= 0.6 is 0 Å². The number of morpholine rings is 1. The summed E-state index contributed by atoms with van der Waals surface area (Å²) in [4.78, 5) is 11.1. The number of H-pyrrole nitrogens is 1. The number of aromatic amines is 1. The van der Waals surface area contributed by atoms with Crippen molar-refractivity contribution in [1.29, 1.82) is 0 Å². The zero-order valence-corrected chi connectivity index (χ0v) is 21.3. The lowest BCUT2D eigenvalue weighted by atomic mass is 10.0. The maximum absolute atomic E-state index is 11.8. The van der Waals surface area contributed by atoms with Crippen molar-refractivity contribution in [3.8, 4) is 28.5 Å². The number of hydrogen-bond acceptors (Lipinski definition) is 9. The molecule has 0 spiro atoms. The van der Waals surface area contributed by atoms with Crippen molar-refractivity contribution in [1.82, 2.24) is 25.1 Å². The van der Waals surface area contributed by atoms with Gasteiger partial charge in [-0.2, -0.15) is 5.10 Å². The van der Waals surface area contributed by atoms with E-state index in [1.165, 1.54) is 7.11 Å². The van der Waals surface area contributed by atoms with E-state index in [1.54, 1.807) is 24.7 Å². The van der Waals surface area contributed by atoms with Crippen molar-refractivity contribution < 1.29 is 22.3 Å². The third-order valence-electron chi connectivity index (χ3n) is 5.89. The van der Waals surface area contributed by atoms with Crippen LogP contribution in [0.2, 0.25) is 0 Å². The molecule has 1 aliphatic rings. The van der Waals surface area contributed by atoms with Gasteiger partial charge in [-0.25, -0.2) is 18.4 Å². The summed E-state index contributed by atoms with van der Waals surface area (Å²) < 4.78 is 43.4. The van der Waals surface area contributed by atoms with E-state index in [-0.39, 0.29) is 23.8 Å². The van der Waals surface area contributed by atoms with Crippen LogP contribution in [0.3, 0.4) is 0 Å². The Morgan fingerprint density at radius 3 is 2.61 bits per heavy atom. The first kappa shape index (κ1) is 24.2. The number of anilines is 1. The molecule has 4 heterocycles. The molecule has 12 heteroatoms. The van der Waals surface area contributed by atoms with Crippen LogP contribution in [-0.4, -0.2) is 72.1 Å². The van der Waals surface area contributed by atoms with E-state index in [2.05, 4.69) is 43.6 Å². The van der Waals surface area contributed by atoms with Gasteiger partial charge in [-0.05, 0) is 37.6 Å².